The minimum atomic E-state index is 0. The van der Waals surface area contributed by atoms with Crippen LogP contribution in [-0.2, 0) is 19.8 Å². The van der Waals surface area contributed by atoms with Crippen LogP contribution in [0.15, 0.2) is 91.4 Å². The molecule has 6 rings (SSSR count). The van der Waals surface area contributed by atoms with Gasteiger partial charge in [0.1, 0.15) is 0 Å². The average molecular weight is 854 g/mol. The monoisotopic (exact) mass is 858 g/mol. The molecular formula is C30H24N3OsSe3-3. The zero-order valence-corrected chi connectivity index (χ0v) is 28.3. The van der Waals surface area contributed by atoms with Crippen molar-refractivity contribution in [1.29, 1.82) is 0 Å². The van der Waals surface area contributed by atoms with Gasteiger partial charge in [-0.05, 0) is 0 Å². The van der Waals surface area contributed by atoms with E-state index in [2.05, 4.69) is 102 Å². The van der Waals surface area contributed by atoms with Gasteiger partial charge < -0.3 is 0 Å². The number of rotatable bonds is 0. The van der Waals surface area contributed by atoms with Gasteiger partial charge in [0.2, 0.25) is 0 Å². The predicted octanol–water partition coefficient (Wildman–Crippen LogP) is 4.01. The Morgan fingerprint density at radius 2 is 0.703 bits per heavy atom. The van der Waals surface area contributed by atoms with Crippen molar-refractivity contribution in [2.45, 2.75) is 20.8 Å². The van der Waals surface area contributed by atoms with Crippen LogP contribution in [0.2, 0.25) is 0 Å². The van der Waals surface area contributed by atoms with E-state index in [1.54, 1.807) is 0 Å². The van der Waals surface area contributed by atoms with Crippen LogP contribution in [0, 0.1) is 20.8 Å². The molecular weight excluding hydrogens is 829 g/mol. The summed E-state index contributed by atoms with van der Waals surface area (Å²) in [6.07, 6.45) is 5.54. The molecule has 0 N–H and O–H groups in total. The number of hydrogen-bond acceptors (Lipinski definition) is 3. The van der Waals surface area contributed by atoms with Crippen molar-refractivity contribution in [3.63, 3.8) is 0 Å². The molecule has 6 aromatic rings. The van der Waals surface area contributed by atoms with E-state index in [1.807, 2.05) is 73.2 Å². The van der Waals surface area contributed by atoms with Crippen LogP contribution < -0.4 is 13.4 Å². The number of pyridine rings is 3. The van der Waals surface area contributed by atoms with Crippen LogP contribution in [0.5, 0.6) is 0 Å². The Kier molecular flexibility index (Phi) is 11.0. The van der Waals surface area contributed by atoms with Gasteiger partial charge in [0.05, 0.1) is 0 Å². The van der Waals surface area contributed by atoms with E-state index in [9.17, 15) is 0 Å². The Balaban J connectivity index is 0.000000152. The fraction of sp³-hybridized carbons (Fsp3) is 0.100. The molecule has 37 heavy (non-hydrogen) atoms. The summed E-state index contributed by atoms with van der Waals surface area (Å²) >= 11 is 9.03. The first-order valence-electron chi connectivity index (χ1n) is 11.4. The van der Waals surface area contributed by atoms with E-state index in [0.717, 1.165) is 29.9 Å². The molecule has 0 atom stereocenters. The third-order valence-electron chi connectivity index (χ3n) is 5.86. The SMILES string of the molecule is Cc1ccnc2c([Se-])cccc12.Cc1ccnc2c([Se-])cccc12.Cc1ccnc2c([Se-])cccc12.[Os]. The summed E-state index contributed by atoms with van der Waals surface area (Å²) in [5, 5.41) is 3.69. The Morgan fingerprint density at radius 1 is 0.432 bits per heavy atom. The van der Waals surface area contributed by atoms with Crippen LogP contribution in [-0.4, -0.2) is 63.0 Å². The van der Waals surface area contributed by atoms with Crippen LogP contribution in [0.1, 0.15) is 16.7 Å². The van der Waals surface area contributed by atoms with E-state index in [0.29, 0.717) is 0 Å². The second-order valence-corrected chi connectivity index (χ2v) is 11.1. The third-order valence-corrected chi connectivity index (χ3v) is 7.93. The van der Waals surface area contributed by atoms with Gasteiger partial charge in [-0.2, -0.15) is 0 Å². The Labute approximate surface area is 255 Å². The first-order valence-corrected chi connectivity index (χ1v) is 14.0. The molecule has 0 bridgehead atoms. The van der Waals surface area contributed by atoms with E-state index in [4.69, 9.17) is 0 Å². The van der Waals surface area contributed by atoms with Crippen molar-refractivity contribution in [2.24, 2.45) is 0 Å². The topological polar surface area (TPSA) is 38.7 Å². The van der Waals surface area contributed by atoms with Crippen molar-refractivity contribution < 1.29 is 19.8 Å². The maximum absolute atomic E-state index is 4.31. The van der Waals surface area contributed by atoms with Gasteiger partial charge in [0.15, 0.2) is 0 Å². The summed E-state index contributed by atoms with van der Waals surface area (Å²) in [6.45, 7) is 6.30. The smallest absolute Gasteiger partial charge is 0 e. The molecule has 3 aromatic heterocycles. The van der Waals surface area contributed by atoms with E-state index in [-0.39, 0.29) is 19.8 Å². The molecule has 0 saturated carbocycles. The fourth-order valence-corrected chi connectivity index (χ4v) is 5.38. The molecule has 3 nitrogen and oxygen atoms in total. The maximum Gasteiger partial charge on any atom is 0 e. The molecule has 0 aliphatic heterocycles. The standard InChI is InChI=1S/3C10H9NSe.Os/c3*1-7-5-6-11-10-8(7)3-2-4-9(10)12;/h3*2-6,12H,1H3;/p-3. The van der Waals surface area contributed by atoms with Gasteiger partial charge in [-0.25, -0.2) is 0 Å². The number of para-hydroxylation sites is 3. The molecule has 0 radical (unpaired) electrons. The summed E-state index contributed by atoms with van der Waals surface area (Å²) in [7, 11) is 0. The number of fused-ring (bicyclic) bond motifs is 3. The van der Waals surface area contributed by atoms with Gasteiger partial charge in [0, 0.05) is 19.8 Å². The van der Waals surface area contributed by atoms with Crippen LogP contribution >= 0.6 is 0 Å². The molecule has 0 unspecified atom stereocenters. The molecule has 7 heteroatoms. The second kappa shape index (κ2) is 13.8. The first kappa shape index (κ1) is 29.6. The average Bonchev–Trinajstić information content (AvgIpc) is 2.87. The van der Waals surface area contributed by atoms with Crippen molar-refractivity contribution in [3.8, 4) is 0 Å². The minimum absolute atomic E-state index is 0. The van der Waals surface area contributed by atoms with Gasteiger partial charge in [-0.3, -0.25) is 0 Å². The molecule has 3 aromatic carbocycles. The Bertz CT molecular complexity index is 1350. The van der Waals surface area contributed by atoms with Crippen LogP contribution in [0.3, 0.4) is 0 Å². The molecule has 0 aliphatic rings. The summed E-state index contributed by atoms with van der Waals surface area (Å²) in [6, 6.07) is 24.6. The zero-order chi connectivity index (χ0) is 25.7. The third kappa shape index (κ3) is 7.14. The van der Waals surface area contributed by atoms with E-state index in [1.165, 1.54) is 32.8 Å². The molecule has 0 amide bonds. The van der Waals surface area contributed by atoms with E-state index < -0.39 is 0 Å². The number of aryl methyl sites for hydroxylation is 3. The quantitative estimate of drug-likeness (QED) is 0.217. The second-order valence-electron chi connectivity index (χ2n) is 8.34. The fourth-order valence-electron chi connectivity index (χ4n) is 3.86. The number of hydrogen-bond donors (Lipinski definition) is 0. The van der Waals surface area contributed by atoms with Gasteiger partial charge in [-0.1, -0.05) is 0 Å². The number of nitrogens with zero attached hydrogens (tertiary/aromatic N) is 3. The van der Waals surface area contributed by atoms with Gasteiger partial charge >= 0.3 is 238 Å². The van der Waals surface area contributed by atoms with Gasteiger partial charge in [-0.15, -0.1) is 0 Å². The number of aromatic nitrogens is 3. The van der Waals surface area contributed by atoms with Crippen molar-refractivity contribution in [1.82, 2.24) is 15.0 Å². The summed E-state index contributed by atoms with van der Waals surface area (Å²) in [5.74, 6) is 0. The van der Waals surface area contributed by atoms with Crippen molar-refractivity contribution in [3.05, 3.63) is 108 Å². The maximum atomic E-state index is 4.31. The van der Waals surface area contributed by atoms with Crippen molar-refractivity contribution >= 4 is 94.1 Å². The summed E-state index contributed by atoms with van der Waals surface area (Å²) in [4.78, 5) is 12.9. The van der Waals surface area contributed by atoms with E-state index >= 15 is 0 Å². The van der Waals surface area contributed by atoms with Crippen LogP contribution in [0.25, 0.3) is 32.7 Å². The largest absolute Gasteiger partial charge is 0 e. The first-order chi connectivity index (χ1) is 17.4. The predicted molar refractivity (Wildman–Crippen MR) is 156 cm³/mol. The normalized spacial score (nSPS) is 10.1. The Morgan fingerprint density at radius 3 is 0.946 bits per heavy atom. The minimum Gasteiger partial charge on any atom is 0 e. The summed E-state index contributed by atoms with van der Waals surface area (Å²) < 4.78 is 3.36. The number of benzene rings is 3. The molecule has 0 saturated heterocycles. The van der Waals surface area contributed by atoms with Crippen molar-refractivity contribution in [2.75, 3.05) is 0 Å². The zero-order valence-electron chi connectivity index (χ0n) is 20.6. The molecule has 3 heterocycles. The Hall–Kier alpha value is -1.92. The molecule has 188 valence electrons. The molecule has 0 aliphatic carbocycles. The van der Waals surface area contributed by atoms with Gasteiger partial charge in [0.25, 0.3) is 0 Å². The summed E-state index contributed by atoms with van der Waals surface area (Å²) in [5.41, 5.74) is 7.03. The molecule has 0 spiro atoms. The molecule has 0 fully saturated rings. The van der Waals surface area contributed by atoms with Crippen LogP contribution in [0.4, 0.5) is 0 Å².